The van der Waals surface area contributed by atoms with Crippen LogP contribution in [0.5, 0.6) is 5.75 Å². The number of nitrogens with two attached hydrogens (primary N) is 1. The van der Waals surface area contributed by atoms with E-state index in [0.717, 1.165) is 9.87 Å². The number of primary amides is 1. The Morgan fingerprint density at radius 2 is 2.05 bits per heavy atom. The lowest BCUT2D eigenvalue weighted by Gasteiger charge is -2.20. The first-order chi connectivity index (χ1) is 8.82. The first kappa shape index (κ1) is 15.5. The molecule has 0 fully saturated rings. The van der Waals surface area contributed by atoms with Gasteiger partial charge in [0.05, 0.1) is 13.7 Å². The van der Waals surface area contributed by atoms with Gasteiger partial charge in [-0.3, -0.25) is 4.79 Å². The maximum atomic E-state index is 12.5. The summed E-state index contributed by atoms with van der Waals surface area (Å²) >= 11 is 0. The van der Waals surface area contributed by atoms with Gasteiger partial charge in [0, 0.05) is 6.54 Å². The second-order valence-corrected chi connectivity index (χ2v) is 5.96. The molecule has 0 aliphatic heterocycles. The number of likely N-dealkylation sites (N-methyl/N-ethyl adjacent to an activating group) is 1. The molecule has 1 amide bonds. The van der Waals surface area contributed by atoms with Gasteiger partial charge < -0.3 is 10.5 Å². The molecule has 0 saturated carbocycles. The van der Waals surface area contributed by atoms with E-state index in [2.05, 4.69) is 0 Å². The zero-order valence-corrected chi connectivity index (χ0v) is 12.0. The van der Waals surface area contributed by atoms with Gasteiger partial charge in [0.2, 0.25) is 15.9 Å². The van der Waals surface area contributed by atoms with E-state index < -0.39 is 15.9 Å². The lowest BCUT2D eigenvalue weighted by Crippen LogP contribution is -2.38. The monoisotopic (exact) mass is 286 g/mol. The van der Waals surface area contributed by atoms with Crippen LogP contribution in [0.4, 0.5) is 0 Å². The van der Waals surface area contributed by atoms with Crippen molar-refractivity contribution in [2.45, 2.75) is 18.7 Å². The molecular formula is C12H18N2O4S. The molecular weight excluding hydrogens is 268 g/mol. The Bertz CT molecular complexity index is 569. The Hall–Kier alpha value is -1.60. The van der Waals surface area contributed by atoms with Gasteiger partial charge in [-0.15, -0.1) is 0 Å². The average Bonchev–Trinajstić information content (AvgIpc) is 2.35. The van der Waals surface area contributed by atoms with E-state index >= 15 is 0 Å². The van der Waals surface area contributed by atoms with E-state index in [1.54, 1.807) is 26.0 Å². The zero-order valence-electron chi connectivity index (χ0n) is 11.2. The fraction of sp³-hybridized carbons (Fsp3) is 0.417. The van der Waals surface area contributed by atoms with Crippen molar-refractivity contribution in [2.75, 3.05) is 20.2 Å². The van der Waals surface area contributed by atoms with Crippen LogP contribution in [0.1, 0.15) is 12.5 Å². The number of carbonyl (C=O) groups excluding carboxylic acids is 1. The third-order valence-corrected chi connectivity index (χ3v) is 4.56. The zero-order chi connectivity index (χ0) is 14.6. The van der Waals surface area contributed by atoms with Gasteiger partial charge >= 0.3 is 0 Å². The molecule has 7 heteroatoms. The highest BCUT2D eigenvalue weighted by Gasteiger charge is 2.27. The number of sulfonamides is 1. The largest absolute Gasteiger partial charge is 0.495 e. The highest BCUT2D eigenvalue weighted by molar-refractivity contribution is 7.89. The number of methoxy groups -OCH3 is 1. The highest BCUT2D eigenvalue weighted by Crippen LogP contribution is 2.27. The Kier molecular flexibility index (Phi) is 4.90. The molecule has 0 aliphatic carbocycles. The van der Waals surface area contributed by atoms with Crippen LogP contribution in [0, 0.1) is 6.92 Å². The number of rotatable bonds is 6. The SMILES string of the molecule is CCN(CC(N)=O)S(=O)(=O)c1cc(C)ccc1OC. The van der Waals surface area contributed by atoms with Crippen LogP contribution < -0.4 is 10.5 Å². The molecule has 6 nitrogen and oxygen atoms in total. The number of aryl methyl sites for hydroxylation is 1. The average molecular weight is 286 g/mol. The van der Waals surface area contributed by atoms with Gasteiger partial charge in [0.25, 0.3) is 0 Å². The Labute approximate surface area is 113 Å². The van der Waals surface area contributed by atoms with Crippen molar-refractivity contribution in [1.29, 1.82) is 0 Å². The van der Waals surface area contributed by atoms with E-state index in [0.29, 0.717) is 0 Å². The molecule has 0 radical (unpaired) electrons. The van der Waals surface area contributed by atoms with E-state index in [1.165, 1.54) is 13.2 Å². The molecule has 1 rings (SSSR count). The molecule has 0 bridgehead atoms. The van der Waals surface area contributed by atoms with Gasteiger partial charge in [-0.1, -0.05) is 13.0 Å². The number of nitrogens with zero attached hydrogens (tertiary/aromatic N) is 1. The number of hydrogen-bond donors (Lipinski definition) is 1. The number of carbonyl (C=O) groups is 1. The number of benzene rings is 1. The van der Waals surface area contributed by atoms with Gasteiger partial charge in [-0.2, -0.15) is 4.31 Å². The molecule has 0 aliphatic rings. The van der Waals surface area contributed by atoms with Crippen molar-refractivity contribution in [3.8, 4) is 5.75 Å². The summed E-state index contributed by atoms with van der Waals surface area (Å²) < 4.78 is 31.0. The molecule has 0 saturated heterocycles. The molecule has 0 unspecified atom stereocenters. The van der Waals surface area contributed by atoms with E-state index in [9.17, 15) is 13.2 Å². The molecule has 19 heavy (non-hydrogen) atoms. The van der Waals surface area contributed by atoms with Gasteiger partial charge in [-0.25, -0.2) is 8.42 Å². The standard InChI is InChI=1S/C12H18N2O4S/c1-4-14(8-12(13)15)19(16,17)11-7-9(2)5-6-10(11)18-3/h5-7H,4,8H2,1-3H3,(H2,13,15). The summed E-state index contributed by atoms with van der Waals surface area (Å²) in [5.74, 6) is -0.453. The van der Waals surface area contributed by atoms with Crippen molar-refractivity contribution >= 4 is 15.9 Å². The van der Waals surface area contributed by atoms with Crippen LogP contribution in [0.3, 0.4) is 0 Å². The van der Waals surface area contributed by atoms with Crippen LogP contribution in [0.2, 0.25) is 0 Å². The molecule has 0 atom stereocenters. The molecule has 2 N–H and O–H groups in total. The molecule has 0 heterocycles. The van der Waals surface area contributed by atoms with Crippen molar-refractivity contribution < 1.29 is 17.9 Å². The minimum absolute atomic E-state index is 0.0399. The second-order valence-electron chi connectivity index (χ2n) is 4.05. The summed E-state index contributed by atoms with van der Waals surface area (Å²) in [4.78, 5) is 11.0. The van der Waals surface area contributed by atoms with E-state index in [1.807, 2.05) is 0 Å². The van der Waals surface area contributed by atoms with Crippen LogP contribution in [0.25, 0.3) is 0 Å². The molecule has 1 aromatic rings. The topological polar surface area (TPSA) is 89.7 Å². The van der Waals surface area contributed by atoms with Crippen LogP contribution in [-0.2, 0) is 14.8 Å². The van der Waals surface area contributed by atoms with Crippen molar-refractivity contribution in [3.05, 3.63) is 23.8 Å². The van der Waals surface area contributed by atoms with Gasteiger partial charge in [-0.05, 0) is 24.6 Å². The smallest absolute Gasteiger partial charge is 0.247 e. The third kappa shape index (κ3) is 3.45. The second kappa shape index (κ2) is 6.03. The predicted molar refractivity (Wildman–Crippen MR) is 71.4 cm³/mol. The Balaban J connectivity index is 3.32. The number of ether oxygens (including phenoxy) is 1. The number of hydrogen-bond acceptors (Lipinski definition) is 4. The Morgan fingerprint density at radius 3 is 2.53 bits per heavy atom. The summed E-state index contributed by atoms with van der Waals surface area (Å²) in [6, 6.07) is 4.85. The number of amides is 1. The summed E-state index contributed by atoms with van der Waals surface area (Å²) in [6.45, 7) is 3.23. The van der Waals surface area contributed by atoms with Crippen molar-refractivity contribution in [1.82, 2.24) is 4.31 Å². The summed E-state index contributed by atoms with van der Waals surface area (Å²) in [5, 5.41) is 0. The van der Waals surface area contributed by atoms with Crippen LogP contribution in [-0.4, -0.2) is 38.8 Å². The van der Waals surface area contributed by atoms with E-state index in [-0.39, 0.29) is 23.7 Å². The fourth-order valence-electron chi connectivity index (χ4n) is 1.67. The lowest BCUT2D eigenvalue weighted by molar-refractivity contribution is -0.118. The minimum atomic E-state index is -3.80. The quantitative estimate of drug-likeness (QED) is 0.824. The van der Waals surface area contributed by atoms with Gasteiger partial charge in [0.15, 0.2) is 0 Å². The minimum Gasteiger partial charge on any atom is -0.495 e. The highest BCUT2D eigenvalue weighted by atomic mass is 32.2. The summed E-state index contributed by atoms with van der Waals surface area (Å²) in [7, 11) is -2.41. The third-order valence-electron chi connectivity index (χ3n) is 2.62. The molecule has 0 spiro atoms. The fourth-order valence-corrected chi connectivity index (χ4v) is 3.32. The first-order valence-corrected chi connectivity index (χ1v) is 7.20. The lowest BCUT2D eigenvalue weighted by atomic mass is 10.2. The normalized spacial score (nSPS) is 11.6. The summed E-state index contributed by atoms with van der Waals surface area (Å²) in [5.41, 5.74) is 5.85. The van der Waals surface area contributed by atoms with Gasteiger partial charge in [0.1, 0.15) is 10.6 Å². The maximum Gasteiger partial charge on any atom is 0.247 e. The predicted octanol–water partition coefficient (Wildman–Crippen LogP) is 0.500. The Morgan fingerprint density at radius 1 is 1.42 bits per heavy atom. The van der Waals surface area contributed by atoms with Crippen molar-refractivity contribution in [2.24, 2.45) is 5.73 Å². The van der Waals surface area contributed by atoms with Crippen molar-refractivity contribution in [3.63, 3.8) is 0 Å². The maximum absolute atomic E-state index is 12.5. The first-order valence-electron chi connectivity index (χ1n) is 5.76. The summed E-state index contributed by atoms with van der Waals surface area (Å²) in [6.07, 6.45) is 0. The van der Waals surface area contributed by atoms with E-state index in [4.69, 9.17) is 10.5 Å². The molecule has 106 valence electrons. The van der Waals surface area contributed by atoms with Crippen LogP contribution >= 0.6 is 0 Å². The molecule has 0 aromatic heterocycles. The molecule has 1 aromatic carbocycles. The van der Waals surface area contributed by atoms with Crippen LogP contribution in [0.15, 0.2) is 23.1 Å².